The second-order valence-electron chi connectivity index (χ2n) is 4.18. The topological polar surface area (TPSA) is 26.3 Å². The van der Waals surface area contributed by atoms with Crippen molar-refractivity contribution in [3.05, 3.63) is 19.8 Å². The summed E-state index contributed by atoms with van der Waals surface area (Å²) >= 11 is 10.6. The van der Waals surface area contributed by atoms with E-state index in [1.165, 1.54) is 17.8 Å². The molecule has 2 nitrogen and oxygen atoms in total. The molecule has 1 aliphatic heterocycles. The number of rotatable bonds is 4. The van der Waals surface area contributed by atoms with Crippen molar-refractivity contribution < 1.29 is 9.53 Å². The molecule has 94 valence electrons. The number of thiophene rings is 1. The lowest BCUT2D eigenvalue weighted by Gasteiger charge is -2.21. The Morgan fingerprint density at radius 3 is 3.00 bits per heavy atom. The highest BCUT2D eigenvalue weighted by atomic mass is 79.9. The Morgan fingerprint density at radius 1 is 1.59 bits per heavy atom. The molecule has 0 aromatic carbocycles. The third-order valence-corrected chi connectivity index (χ3v) is 5.40. The third kappa shape index (κ3) is 3.78. The van der Waals surface area contributed by atoms with Crippen LogP contribution in [0.25, 0.3) is 0 Å². The molecule has 17 heavy (non-hydrogen) atoms. The zero-order valence-electron chi connectivity index (χ0n) is 9.38. The van der Waals surface area contributed by atoms with Gasteiger partial charge in [0.05, 0.1) is 11.0 Å². The predicted molar refractivity (Wildman–Crippen MR) is 74.2 cm³/mol. The van der Waals surface area contributed by atoms with E-state index in [1.54, 1.807) is 6.07 Å². The fourth-order valence-corrected chi connectivity index (χ4v) is 3.60. The zero-order chi connectivity index (χ0) is 12.3. The molecule has 1 aliphatic rings. The number of ether oxygens (including phenoxy) is 1. The molecule has 2 rings (SSSR count). The lowest BCUT2D eigenvalue weighted by molar-refractivity contribution is 0.0105. The van der Waals surface area contributed by atoms with Crippen LogP contribution in [0.4, 0.5) is 0 Å². The van der Waals surface area contributed by atoms with Gasteiger partial charge < -0.3 is 4.74 Å². The van der Waals surface area contributed by atoms with Gasteiger partial charge in [0.15, 0.2) is 5.78 Å². The highest BCUT2D eigenvalue weighted by molar-refractivity contribution is 9.10. The smallest absolute Gasteiger partial charge is 0.172 e. The first-order valence-electron chi connectivity index (χ1n) is 5.76. The van der Waals surface area contributed by atoms with E-state index in [4.69, 9.17) is 16.3 Å². The molecule has 0 aliphatic carbocycles. The van der Waals surface area contributed by atoms with Crippen LogP contribution in [0.3, 0.4) is 0 Å². The molecular formula is C12H14BrClO2S. The van der Waals surface area contributed by atoms with E-state index < -0.39 is 0 Å². The minimum atomic E-state index is 0.164. The van der Waals surface area contributed by atoms with Crippen LogP contribution in [0.5, 0.6) is 0 Å². The van der Waals surface area contributed by atoms with Gasteiger partial charge in [-0.05, 0) is 47.7 Å². The molecule has 0 radical (unpaired) electrons. The van der Waals surface area contributed by atoms with Gasteiger partial charge in [0.2, 0.25) is 0 Å². The van der Waals surface area contributed by atoms with Gasteiger partial charge in [0.25, 0.3) is 0 Å². The van der Waals surface area contributed by atoms with Gasteiger partial charge in [-0.2, -0.15) is 0 Å². The molecule has 0 saturated carbocycles. The van der Waals surface area contributed by atoms with Crippen LogP contribution in [0.1, 0.15) is 41.8 Å². The second-order valence-corrected chi connectivity index (χ2v) is 6.69. The van der Waals surface area contributed by atoms with Crippen molar-refractivity contribution in [1.82, 2.24) is 0 Å². The highest BCUT2D eigenvalue weighted by Gasteiger charge is 2.17. The average Bonchev–Trinajstić information content (AvgIpc) is 2.68. The van der Waals surface area contributed by atoms with E-state index >= 15 is 0 Å². The summed E-state index contributed by atoms with van der Waals surface area (Å²) in [6, 6.07) is 1.80. The highest BCUT2D eigenvalue weighted by Crippen LogP contribution is 2.33. The Bertz CT molecular complexity index is 380. The first kappa shape index (κ1) is 13.5. The molecular weight excluding hydrogens is 324 g/mol. The fraction of sp³-hybridized carbons (Fsp3) is 0.583. The van der Waals surface area contributed by atoms with Gasteiger partial charge >= 0.3 is 0 Å². The van der Waals surface area contributed by atoms with Crippen molar-refractivity contribution >= 4 is 44.7 Å². The van der Waals surface area contributed by atoms with Crippen molar-refractivity contribution in [2.24, 2.45) is 0 Å². The fourth-order valence-electron chi connectivity index (χ4n) is 1.93. The largest absolute Gasteiger partial charge is 0.378 e. The van der Waals surface area contributed by atoms with E-state index in [2.05, 4.69) is 15.9 Å². The minimum absolute atomic E-state index is 0.164. The summed E-state index contributed by atoms with van der Waals surface area (Å²) in [6.45, 7) is 0.842. The molecule has 1 fully saturated rings. The molecule has 0 N–H and O–H groups in total. The molecule has 0 bridgehead atoms. The summed E-state index contributed by atoms with van der Waals surface area (Å²) in [4.78, 5) is 12.7. The summed E-state index contributed by atoms with van der Waals surface area (Å²) in [5, 5.41) is 0. The Morgan fingerprint density at radius 2 is 2.41 bits per heavy atom. The number of Topliss-reactive ketones (excluding diaryl/α,β-unsaturated/α-hetero) is 1. The monoisotopic (exact) mass is 336 g/mol. The first-order chi connectivity index (χ1) is 8.16. The van der Waals surface area contributed by atoms with Crippen LogP contribution >= 0.6 is 38.9 Å². The minimum Gasteiger partial charge on any atom is -0.378 e. The van der Waals surface area contributed by atoms with Gasteiger partial charge in [-0.3, -0.25) is 4.79 Å². The lowest BCUT2D eigenvalue weighted by atomic mass is 10.0. The normalized spacial score (nSPS) is 20.5. The number of ketones is 1. The standard InChI is InChI=1S/C12H14BrClO2S/c13-9-7-11(17-12(9)14)10(15)5-4-8-3-1-2-6-16-8/h7-8H,1-6H2. The van der Waals surface area contributed by atoms with Gasteiger partial charge in [-0.25, -0.2) is 0 Å². The van der Waals surface area contributed by atoms with Crippen LogP contribution in [0.15, 0.2) is 10.5 Å². The average molecular weight is 338 g/mol. The van der Waals surface area contributed by atoms with Crippen LogP contribution in [0, 0.1) is 0 Å². The van der Waals surface area contributed by atoms with E-state index in [1.807, 2.05) is 0 Å². The Labute approximate surface area is 118 Å². The number of hydrogen-bond acceptors (Lipinski definition) is 3. The van der Waals surface area contributed by atoms with Crippen molar-refractivity contribution in [3.63, 3.8) is 0 Å². The lowest BCUT2D eigenvalue weighted by Crippen LogP contribution is -2.19. The van der Waals surface area contributed by atoms with Gasteiger partial charge in [0, 0.05) is 17.5 Å². The van der Waals surface area contributed by atoms with Gasteiger partial charge in [0.1, 0.15) is 4.34 Å². The second kappa shape index (κ2) is 6.32. The van der Waals surface area contributed by atoms with E-state index in [-0.39, 0.29) is 11.9 Å². The number of hydrogen-bond donors (Lipinski definition) is 0. The summed E-state index contributed by atoms with van der Waals surface area (Å²) < 4.78 is 7.06. The molecule has 1 unspecified atom stereocenters. The van der Waals surface area contributed by atoms with Gasteiger partial charge in [-0.15, -0.1) is 11.3 Å². The Balaban J connectivity index is 1.84. The van der Waals surface area contributed by atoms with Crippen LogP contribution in [-0.4, -0.2) is 18.5 Å². The zero-order valence-corrected chi connectivity index (χ0v) is 12.5. The Hall–Kier alpha value is 0.1000. The molecule has 2 heterocycles. The number of carbonyl (C=O) groups is 1. The molecule has 0 amide bonds. The summed E-state index contributed by atoms with van der Waals surface area (Å²) in [5.41, 5.74) is 0. The van der Waals surface area contributed by atoms with Gasteiger partial charge in [-0.1, -0.05) is 11.6 Å². The quantitative estimate of drug-likeness (QED) is 0.745. The summed E-state index contributed by atoms with van der Waals surface area (Å²) in [5.74, 6) is 0.164. The molecule has 1 aromatic rings. The maximum Gasteiger partial charge on any atom is 0.172 e. The van der Waals surface area contributed by atoms with Crippen LogP contribution in [0.2, 0.25) is 4.34 Å². The third-order valence-electron chi connectivity index (χ3n) is 2.89. The Kier molecular flexibility index (Phi) is 5.03. The van der Waals surface area contributed by atoms with Crippen molar-refractivity contribution in [3.8, 4) is 0 Å². The van der Waals surface area contributed by atoms with E-state index in [9.17, 15) is 4.79 Å². The summed E-state index contributed by atoms with van der Waals surface area (Å²) in [6.07, 6.45) is 5.10. The van der Waals surface area contributed by atoms with Crippen molar-refractivity contribution in [1.29, 1.82) is 0 Å². The SMILES string of the molecule is O=C(CCC1CCCCO1)c1cc(Br)c(Cl)s1. The van der Waals surface area contributed by atoms with E-state index in [0.29, 0.717) is 10.8 Å². The molecule has 0 spiro atoms. The van der Waals surface area contributed by atoms with Crippen LogP contribution in [-0.2, 0) is 4.74 Å². The maximum atomic E-state index is 11.9. The first-order valence-corrected chi connectivity index (χ1v) is 7.75. The molecule has 5 heteroatoms. The van der Waals surface area contributed by atoms with Crippen molar-refractivity contribution in [2.45, 2.75) is 38.2 Å². The van der Waals surface area contributed by atoms with Crippen molar-refractivity contribution in [2.75, 3.05) is 6.61 Å². The predicted octanol–water partition coefficient (Wildman–Crippen LogP) is 4.70. The molecule has 1 saturated heterocycles. The number of carbonyl (C=O) groups excluding carboxylic acids is 1. The summed E-state index contributed by atoms with van der Waals surface area (Å²) in [7, 11) is 0. The molecule has 1 aromatic heterocycles. The maximum absolute atomic E-state index is 11.9. The van der Waals surface area contributed by atoms with Crippen LogP contribution < -0.4 is 0 Å². The molecule has 1 atom stereocenters. The number of halogens is 2. The van der Waals surface area contributed by atoms with E-state index in [0.717, 1.165) is 35.2 Å².